The highest BCUT2D eigenvalue weighted by Gasteiger charge is 2.25. The molecule has 0 N–H and O–H groups in total. The van der Waals surface area contributed by atoms with Crippen molar-refractivity contribution in [3.63, 3.8) is 0 Å². The van der Waals surface area contributed by atoms with Crippen molar-refractivity contribution < 1.29 is 4.43 Å². The lowest BCUT2D eigenvalue weighted by Crippen LogP contribution is -2.27. The maximum absolute atomic E-state index is 5.71. The summed E-state index contributed by atoms with van der Waals surface area (Å²) < 4.78 is 5.71. The van der Waals surface area contributed by atoms with Gasteiger partial charge in [-0.2, -0.15) is 0 Å². The molecular weight excluding hydrogens is 224 g/mol. The molecule has 1 unspecified atom stereocenters. The van der Waals surface area contributed by atoms with Crippen molar-refractivity contribution >= 4 is 9.04 Å². The zero-order valence-electron chi connectivity index (χ0n) is 12.8. The molecule has 0 saturated heterocycles. The summed E-state index contributed by atoms with van der Waals surface area (Å²) in [4.78, 5) is 0. The van der Waals surface area contributed by atoms with Gasteiger partial charge in [0.2, 0.25) is 0 Å². The van der Waals surface area contributed by atoms with Crippen LogP contribution in [0, 0.1) is 0 Å². The predicted molar refractivity (Wildman–Crippen MR) is 81.3 cm³/mol. The topological polar surface area (TPSA) is 9.23 Å². The Bertz CT molecular complexity index is 163. The van der Waals surface area contributed by atoms with Crippen LogP contribution in [0.25, 0.3) is 0 Å². The third-order valence-electron chi connectivity index (χ3n) is 3.57. The van der Waals surface area contributed by atoms with Gasteiger partial charge in [0.05, 0.1) is 0 Å². The van der Waals surface area contributed by atoms with E-state index in [2.05, 4.69) is 27.7 Å². The van der Waals surface area contributed by atoms with Crippen molar-refractivity contribution in [3.8, 4) is 0 Å². The molecule has 0 aromatic rings. The van der Waals surface area contributed by atoms with Crippen LogP contribution < -0.4 is 0 Å². The third-order valence-corrected chi connectivity index (χ3v) is 7.00. The van der Waals surface area contributed by atoms with E-state index >= 15 is 0 Å². The average molecular weight is 259 g/mol. The van der Waals surface area contributed by atoms with Crippen LogP contribution in [0.5, 0.6) is 0 Å². The summed E-state index contributed by atoms with van der Waals surface area (Å²) >= 11 is 0. The fourth-order valence-electron chi connectivity index (χ4n) is 2.37. The zero-order valence-corrected chi connectivity index (χ0v) is 14.0. The predicted octanol–water partition coefficient (Wildman–Crippen LogP) is 5.30. The molecule has 0 heterocycles. The van der Waals surface area contributed by atoms with Crippen molar-refractivity contribution in [2.75, 3.05) is 7.11 Å². The summed E-state index contributed by atoms with van der Waals surface area (Å²) in [6.07, 6.45) is 11.3. The summed E-state index contributed by atoms with van der Waals surface area (Å²) in [6.45, 7) is 9.27. The molecule has 0 saturated carbocycles. The van der Waals surface area contributed by atoms with Crippen LogP contribution in [0.2, 0.25) is 11.1 Å². The van der Waals surface area contributed by atoms with Crippen molar-refractivity contribution in [2.45, 2.75) is 90.1 Å². The molecule has 0 aromatic carbocycles. The Morgan fingerprint density at radius 2 is 1.29 bits per heavy atom. The molecule has 1 atom stereocenters. The van der Waals surface area contributed by atoms with Gasteiger partial charge in [0.15, 0.2) is 9.04 Å². The highest BCUT2D eigenvalue weighted by molar-refractivity contribution is 6.55. The van der Waals surface area contributed by atoms with E-state index in [-0.39, 0.29) is 0 Å². The molecule has 0 aromatic heterocycles. The first-order valence-corrected chi connectivity index (χ1v) is 9.41. The highest BCUT2D eigenvalue weighted by Crippen LogP contribution is 2.30. The maximum atomic E-state index is 5.71. The van der Waals surface area contributed by atoms with Crippen LogP contribution in [-0.4, -0.2) is 16.2 Å². The molecule has 1 nitrogen and oxygen atoms in total. The summed E-state index contributed by atoms with van der Waals surface area (Å²) in [5, 5.41) is 0.426. The van der Waals surface area contributed by atoms with E-state index in [0.717, 1.165) is 0 Å². The van der Waals surface area contributed by atoms with E-state index in [1.54, 1.807) is 0 Å². The Morgan fingerprint density at radius 3 is 1.71 bits per heavy atom. The Hall–Kier alpha value is 0.177. The summed E-state index contributed by atoms with van der Waals surface area (Å²) in [5.74, 6) is 0. The second-order valence-corrected chi connectivity index (χ2v) is 10.1. The summed E-state index contributed by atoms with van der Waals surface area (Å²) in [6, 6.07) is 1.36. The van der Waals surface area contributed by atoms with Crippen molar-refractivity contribution in [3.05, 3.63) is 0 Å². The molecule has 0 rings (SSSR count). The molecule has 0 aliphatic heterocycles. The van der Waals surface area contributed by atoms with Gasteiger partial charge in [-0.05, 0) is 11.1 Å². The lowest BCUT2D eigenvalue weighted by molar-refractivity contribution is 0.386. The fraction of sp³-hybridized carbons (Fsp3) is 1.00. The molecule has 0 aliphatic carbocycles. The van der Waals surface area contributed by atoms with Gasteiger partial charge in [0.25, 0.3) is 0 Å². The van der Waals surface area contributed by atoms with E-state index in [4.69, 9.17) is 4.43 Å². The quantitative estimate of drug-likeness (QED) is 0.382. The highest BCUT2D eigenvalue weighted by atomic mass is 28.3. The molecule has 0 radical (unpaired) electrons. The molecule has 0 aliphatic rings. The average Bonchev–Trinajstić information content (AvgIpc) is 2.25. The lowest BCUT2D eigenvalue weighted by atomic mass is 10.1. The molecular formula is C15H34OSi. The molecule has 2 heteroatoms. The van der Waals surface area contributed by atoms with Crippen molar-refractivity contribution in [1.29, 1.82) is 0 Å². The first-order chi connectivity index (χ1) is 8.02. The van der Waals surface area contributed by atoms with Crippen LogP contribution in [0.1, 0.15) is 79.1 Å². The summed E-state index contributed by atoms with van der Waals surface area (Å²) in [7, 11) is 0.938. The smallest absolute Gasteiger partial charge is 0.181 e. The minimum atomic E-state index is -0.971. The molecule has 0 amide bonds. The molecule has 104 valence electrons. The Morgan fingerprint density at radius 1 is 0.824 bits per heavy atom. The second-order valence-electron chi connectivity index (χ2n) is 6.35. The molecule has 0 bridgehead atoms. The summed E-state index contributed by atoms with van der Waals surface area (Å²) in [5.41, 5.74) is 0. The van der Waals surface area contributed by atoms with Gasteiger partial charge in [-0.1, -0.05) is 79.1 Å². The SMILES string of the molecule is CCCCCCCCCC[SiH](OC)C(C)(C)C. The standard InChI is InChI=1S/C15H34OSi/c1-6-7-8-9-10-11-12-13-14-17(16-5)15(2,3)4/h17H,6-14H2,1-5H3. The van der Waals surface area contributed by atoms with Gasteiger partial charge in [-0.25, -0.2) is 0 Å². The van der Waals surface area contributed by atoms with Gasteiger partial charge in [0.1, 0.15) is 0 Å². The first kappa shape index (κ1) is 17.2. The minimum Gasteiger partial charge on any atom is -0.423 e. The molecule has 17 heavy (non-hydrogen) atoms. The fourth-order valence-corrected chi connectivity index (χ4v) is 4.84. The monoisotopic (exact) mass is 258 g/mol. The van der Waals surface area contributed by atoms with Gasteiger partial charge in [0, 0.05) is 7.11 Å². The van der Waals surface area contributed by atoms with Crippen LogP contribution >= 0.6 is 0 Å². The normalized spacial score (nSPS) is 13.9. The Labute approximate surface area is 111 Å². The molecule has 0 spiro atoms. The van der Waals surface area contributed by atoms with E-state index in [1.807, 2.05) is 7.11 Å². The van der Waals surface area contributed by atoms with E-state index in [0.29, 0.717) is 5.04 Å². The van der Waals surface area contributed by atoms with Gasteiger partial charge >= 0.3 is 0 Å². The zero-order chi connectivity index (χ0) is 13.1. The van der Waals surface area contributed by atoms with Gasteiger partial charge in [-0.3, -0.25) is 0 Å². The molecule has 0 fully saturated rings. The minimum absolute atomic E-state index is 0.426. The lowest BCUT2D eigenvalue weighted by Gasteiger charge is -2.27. The second kappa shape index (κ2) is 10.1. The van der Waals surface area contributed by atoms with E-state index in [9.17, 15) is 0 Å². The largest absolute Gasteiger partial charge is 0.423 e. The van der Waals surface area contributed by atoms with Crippen molar-refractivity contribution in [1.82, 2.24) is 0 Å². The Balaban J connectivity index is 3.38. The van der Waals surface area contributed by atoms with Crippen LogP contribution in [0.4, 0.5) is 0 Å². The third kappa shape index (κ3) is 9.84. The van der Waals surface area contributed by atoms with Crippen LogP contribution in [0.15, 0.2) is 0 Å². The number of rotatable bonds is 10. The van der Waals surface area contributed by atoms with Crippen LogP contribution in [-0.2, 0) is 4.43 Å². The van der Waals surface area contributed by atoms with Gasteiger partial charge < -0.3 is 4.43 Å². The van der Waals surface area contributed by atoms with E-state index < -0.39 is 9.04 Å². The Kier molecular flexibility index (Phi) is 10.2. The maximum Gasteiger partial charge on any atom is 0.181 e. The van der Waals surface area contributed by atoms with Gasteiger partial charge in [-0.15, -0.1) is 0 Å². The first-order valence-electron chi connectivity index (χ1n) is 7.55. The van der Waals surface area contributed by atoms with E-state index in [1.165, 1.54) is 57.4 Å². The van der Waals surface area contributed by atoms with Crippen molar-refractivity contribution in [2.24, 2.45) is 0 Å². The number of hydrogen-bond acceptors (Lipinski definition) is 1. The van der Waals surface area contributed by atoms with Crippen LogP contribution in [0.3, 0.4) is 0 Å². The number of hydrogen-bond donors (Lipinski definition) is 0. The number of unbranched alkanes of at least 4 members (excludes halogenated alkanes) is 7.